The minimum Gasteiger partial charge on any atom is -0.493 e. The van der Waals surface area contributed by atoms with Crippen LogP contribution < -0.4 is 14.2 Å². The van der Waals surface area contributed by atoms with Crippen LogP contribution in [0.2, 0.25) is 0 Å². The third kappa shape index (κ3) is 3.92. The van der Waals surface area contributed by atoms with Gasteiger partial charge in [-0.25, -0.2) is 0 Å². The molecule has 1 aliphatic heterocycles. The van der Waals surface area contributed by atoms with Crippen molar-refractivity contribution in [3.8, 4) is 28.4 Å². The van der Waals surface area contributed by atoms with E-state index in [4.69, 9.17) is 23.7 Å². The smallest absolute Gasteiger partial charge is 0.315 e. The standard InChI is InChI=1S/C27H30O7/c1-30-23-10-8-21(18-5-3-6-20-19(18)7-9-22(20)28)24(25(23)31-2)33-16-27(12-4-13-27)26(29)34-17-11-14-32-15-17/h3,5-6,8,10,17H,4,7,9,11-16H2,1-2H3/t17-/m0/s1. The van der Waals surface area contributed by atoms with Gasteiger partial charge < -0.3 is 23.7 Å². The topological polar surface area (TPSA) is 80.3 Å². The van der Waals surface area contributed by atoms with Crippen LogP contribution in [0.5, 0.6) is 17.2 Å². The monoisotopic (exact) mass is 466 g/mol. The Morgan fingerprint density at radius 2 is 1.85 bits per heavy atom. The third-order valence-electron chi connectivity index (χ3n) is 7.27. The highest BCUT2D eigenvalue weighted by Gasteiger charge is 2.48. The van der Waals surface area contributed by atoms with Gasteiger partial charge in [-0.2, -0.15) is 0 Å². The van der Waals surface area contributed by atoms with Crippen molar-refractivity contribution >= 4 is 11.8 Å². The lowest BCUT2D eigenvalue weighted by Gasteiger charge is -2.39. The largest absolute Gasteiger partial charge is 0.493 e. The number of ketones is 1. The number of hydrogen-bond acceptors (Lipinski definition) is 7. The average molecular weight is 467 g/mol. The van der Waals surface area contributed by atoms with Crippen molar-refractivity contribution in [2.45, 2.75) is 44.6 Å². The zero-order chi connectivity index (χ0) is 23.7. The molecule has 0 amide bonds. The zero-order valence-corrected chi connectivity index (χ0v) is 19.7. The van der Waals surface area contributed by atoms with Crippen molar-refractivity contribution in [1.29, 1.82) is 0 Å². The Morgan fingerprint density at radius 1 is 1.03 bits per heavy atom. The van der Waals surface area contributed by atoms with Gasteiger partial charge in [-0.05, 0) is 42.5 Å². The lowest BCUT2D eigenvalue weighted by molar-refractivity contribution is -0.170. The van der Waals surface area contributed by atoms with Crippen LogP contribution in [0.3, 0.4) is 0 Å². The van der Waals surface area contributed by atoms with Crippen LogP contribution in [0, 0.1) is 5.41 Å². The van der Waals surface area contributed by atoms with Crippen LogP contribution in [0.4, 0.5) is 0 Å². The fraction of sp³-hybridized carbons (Fsp3) is 0.481. The van der Waals surface area contributed by atoms with Gasteiger partial charge in [0.15, 0.2) is 17.3 Å². The van der Waals surface area contributed by atoms with E-state index in [1.165, 1.54) is 0 Å². The number of benzene rings is 2. The van der Waals surface area contributed by atoms with E-state index in [0.29, 0.717) is 43.3 Å². The molecule has 0 unspecified atom stereocenters. The van der Waals surface area contributed by atoms with Gasteiger partial charge in [-0.1, -0.05) is 24.6 Å². The summed E-state index contributed by atoms with van der Waals surface area (Å²) in [7, 11) is 3.15. The molecule has 1 saturated heterocycles. The van der Waals surface area contributed by atoms with E-state index < -0.39 is 5.41 Å². The lowest BCUT2D eigenvalue weighted by atomic mass is 9.69. The second-order valence-electron chi connectivity index (χ2n) is 9.25. The summed E-state index contributed by atoms with van der Waals surface area (Å²) in [5.41, 5.74) is 2.85. The number of hydrogen-bond donors (Lipinski definition) is 0. The first-order valence-electron chi connectivity index (χ1n) is 11.9. The number of ether oxygens (including phenoxy) is 5. The van der Waals surface area contributed by atoms with Crippen LogP contribution in [0.1, 0.15) is 48.0 Å². The number of carbonyl (C=O) groups excluding carboxylic acids is 2. The normalized spacial score (nSPS) is 20.4. The van der Waals surface area contributed by atoms with E-state index >= 15 is 0 Å². The molecule has 2 aromatic rings. The molecule has 2 aromatic carbocycles. The Morgan fingerprint density at radius 3 is 2.53 bits per heavy atom. The molecule has 0 N–H and O–H groups in total. The number of esters is 1. The van der Waals surface area contributed by atoms with Crippen molar-refractivity contribution < 1.29 is 33.3 Å². The van der Waals surface area contributed by atoms with E-state index in [1.807, 2.05) is 30.3 Å². The first kappa shape index (κ1) is 22.7. The van der Waals surface area contributed by atoms with Gasteiger partial charge in [0, 0.05) is 24.0 Å². The lowest BCUT2D eigenvalue weighted by Crippen LogP contribution is -2.45. The summed E-state index contributed by atoms with van der Waals surface area (Å²) in [4.78, 5) is 25.4. The fourth-order valence-electron chi connectivity index (χ4n) is 5.10. The van der Waals surface area contributed by atoms with Crippen molar-refractivity contribution in [1.82, 2.24) is 0 Å². The minimum atomic E-state index is -0.678. The molecule has 5 rings (SSSR count). The molecular formula is C27H30O7. The van der Waals surface area contributed by atoms with E-state index in [9.17, 15) is 9.59 Å². The Bertz CT molecular complexity index is 1100. The summed E-state index contributed by atoms with van der Waals surface area (Å²) in [5, 5.41) is 0. The molecule has 0 radical (unpaired) electrons. The molecule has 7 nitrogen and oxygen atoms in total. The molecule has 1 atom stereocenters. The third-order valence-corrected chi connectivity index (χ3v) is 7.27. The Labute approximate surface area is 199 Å². The van der Waals surface area contributed by atoms with Gasteiger partial charge in [-0.15, -0.1) is 0 Å². The van der Waals surface area contributed by atoms with E-state index in [1.54, 1.807) is 14.2 Å². The fourth-order valence-corrected chi connectivity index (χ4v) is 5.10. The summed E-state index contributed by atoms with van der Waals surface area (Å²) < 4.78 is 28.8. The summed E-state index contributed by atoms with van der Waals surface area (Å²) in [5.74, 6) is 1.46. The summed E-state index contributed by atoms with van der Waals surface area (Å²) in [6.07, 6.45) is 4.14. The predicted molar refractivity (Wildman–Crippen MR) is 125 cm³/mol. The van der Waals surface area contributed by atoms with Crippen LogP contribution in [-0.4, -0.2) is 51.9 Å². The van der Waals surface area contributed by atoms with E-state index in [2.05, 4.69) is 0 Å². The van der Waals surface area contributed by atoms with Gasteiger partial charge in [0.25, 0.3) is 0 Å². The predicted octanol–water partition coefficient (Wildman–Crippen LogP) is 4.38. The van der Waals surface area contributed by atoms with E-state index in [-0.39, 0.29) is 24.5 Å². The second kappa shape index (κ2) is 9.29. The van der Waals surface area contributed by atoms with Crippen LogP contribution >= 0.6 is 0 Å². The van der Waals surface area contributed by atoms with Crippen LogP contribution in [0.15, 0.2) is 30.3 Å². The van der Waals surface area contributed by atoms with Crippen molar-refractivity contribution in [3.63, 3.8) is 0 Å². The first-order chi connectivity index (χ1) is 16.6. The summed E-state index contributed by atoms with van der Waals surface area (Å²) >= 11 is 0. The van der Waals surface area contributed by atoms with Gasteiger partial charge >= 0.3 is 5.97 Å². The highest BCUT2D eigenvalue weighted by atomic mass is 16.6. The Balaban J connectivity index is 1.48. The van der Waals surface area contributed by atoms with Gasteiger partial charge in [0.2, 0.25) is 5.75 Å². The number of rotatable bonds is 8. The quantitative estimate of drug-likeness (QED) is 0.534. The molecule has 2 fully saturated rings. The molecule has 180 valence electrons. The van der Waals surface area contributed by atoms with Crippen LogP contribution in [-0.2, 0) is 20.7 Å². The average Bonchev–Trinajstić information content (AvgIpc) is 3.47. The number of fused-ring (bicyclic) bond motifs is 1. The van der Waals surface area contributed by atoms with Gasteiger partial charge in [0.1, 0.15) is 18.1 Å². The first-order valence-corrected chi connectivity index (χ1v) is 11.9. The number of methoxy groups -OCH3 is 2. The number of Topliss-reactive ketones (excluding diaryl/α,β-unsaturated/α-hetero) is 1. The molecule has 34 heavy (non-hydrogen) atoms. The molecule has 1 heterocycles. The maximum atomic E-state index is 13.1. The molecule has 0 aromatic heterocycles. The van der Waals surface area contributed by atoms with Crippen LogP contribution in [0.25, 0.3) is 11.1 Å². The Kier molecular flexibility index (Phi) is 6.21. The maximum absolute atomic E-state index is 13.1. The second-order valence-corrected chi connectivity index (χ2v) is 9.25. The highest BCUT2D eigenvalue weighted by molar-refractivity contribution is 6.02. The molecular weight excluding hydrogens is 436 g/mol. The van der Waals surface area contributed by atoms with Gasteiger partial charge in [0.05, 0.1) is 27.4 Å². The summed E-state index contributed by atoms with van der Waals surface area (Å²) in [6, 6.07) is 9.54. The van der Waals surface area contributed by atoms with E-state index in [0.717, 1.165) is 47.9 Å². The van der Waals surface area contributed by atoms with Crippen molar-refractivity contribution in [2.24, 2.45) is 5.41 Å². The van der Waals surface area contributed by atoms with Gasteiger partial charge in [-0.3, -0.25) is 9.59 Å². The zero-order valence-electron chi connectivity index (χ0n) is 19.7. The minimum absolute atomic E-state index is 0.159. The highest BCUT2D eigenvalue weighted by Crippen LogP contribution is 2.49. The molecule has 3 aliphatic rings. The Hall–Kier alpha value is -3.06. The maximum Gasteiger partial charge on any atom is 0.315 e. The summed E-state index contributed by atoms with van der Waals surface area (Å²) in [6.45, 7) is 1.26. The SMILES string of the molecule is COc1ccc(-c2cccc3c2CCC3=O)c(OCC2(C(=O)O[C@H]3CCOC3)CCC2)c1OC. The van der Waals surface area contributed by atoms with Crippen molar-refractivity contribution in [2.75, 3.05) is 34.0 Å². The molecule has 2 aliphatic carbocycles. The molecule has 0 bridgehead atoms. The van der Waals surface area contributed by atoms with Crippen molar-refractivity contribution in [3.05, 3.63) is 41.5 Å². The molecule has 1 saturated carbocycles. The molecule has 7 heteroatoms. The molecule has 0 spiro atoms. The number of carbonyl (C=O) groups is 2.